The summed E-state index contributed by atoms with van der Waals surface area (Å²) in [6.07, 6.45) is 4.23. The molecule has 8 heteroatoms. The number of hydrogen-bond acceptors (Lipinski definition) is 6. The number of aryl methyl sites for hydroxylation is 1. The van der Waals surface area contributed by atoms with Gasteiger partial charge in [-0.15, -0.1) is 0 Å². The summed E-state index contributed by atoms with van der Waals surface area (Å²) >= 11 is 0. The lowest BCUT2D eigenvalue weighted by Gasteiger charge is -2.37. The van der Waals surface area contributed by atoms with E-state index in [1.54, 1.807) is 30.2 Å². The fourth-order valence-electron chi connectivity index (χ4n) is 7.24. The van der Waals surface area contributed by atoms with Gasteiger partial charge in [0.1, 0.15) is 17.6 Å². The van der Waals surface area contributed by atoms with Crippen LogP contribution in [-0.2, 0) is 22.4 Å². The molecule has 0 aromatic heterocycles. The smallest absolute Gasteiger partial charge is 0.251 e. The molecule has 2 aromatic carbocycles. The third-order valence-electron chi connectivity index (χ3n) is 9.34. The molecule has 8 nitrogen and oxygen atoms in total. The van der Waals surface area contributed by atoms with Gasteiger partial charge in [-0.1, -0.05) is 31.5 Å². The number of amides is 2. The van der Waals surface area contributed by atoms with E-state index in [0.717, 1.165) is 42.4 Å². The molecule has 6 rings (SSSR count). The maximum atomic E-state index is 14.2. The minimum atomic E-state index is -0.920. The van der Waals surface area contributed by atoms with Crippen LogP contribution in [-0.4, -0.2) is 53.1 Å². The number of fused-ring (bicyclic) bond motifs is 5. The lowest BCUT2D eigenvalue weighted by atomic mass is 9.78. The number of carbonyl (C=O) groups is 2. The van der Waals surface area contributed by atoms with Crippen molar-refractivity contribution in [1.29, 1.82) is 5.41 Å². The molecule has 0 saturated carbocycles. The molecule has 0 spiro atoms. The fraction of sp³-hybridized carbons (Fsp3) is 0.516. The minimum absolute atomic E-state index is 0.0396. The standard InChI is InChI=1S/C31H37N3O5/c1-4-31-12-6-5-7-18-8-9-19-15-23(35)26(21(19)13-18)33-28(36)20-10-11-24-22(14-20)27(30(2,39-24)17-38-3)34(29(31)37)25(32)16-31/h8-11,13-14,23,26-27,32,35H,4-7,12,15-17H2,1-3H3,(H,33,36)/t23-,26-,27+,30+,31?/m1/s1. The molecule has 0 radical (unpaired) electrons. The molecule has 206 valence electrons. The van der Waals surface area contributed by atoms with E-state index in [1.807, 2.05) is 13.8 Å². The van der Waals surface area contributed by atoms with Gasteiger partial charge in [-0.05, 0) is 67.5 Å². The molecule has 1 aliphatic carbocycles. The molecular formula is C31H37N3O5. The average Bonchev–Trinajstić information content (AvgIpc) is 3.46. The van der Waals surface area contributed by atoms with E-state index in [2.05, 4.69) is 23.5 Å². The Kier molecular flexibility index (Phi) is 6.31. The third kappa shape index (κ3) is 4.07. The number of amidine groups is 1. The van der Waals surface area contributed by atoms with E-state index >= 15 is 0 Å². The number of hydrogen-bond donors (Lipinski definition) is 3. The summed E-state index contributed by atoms with van der Waals surface area (Å²) in [5, 5.41) is 22.9. The van der Waals surface area contributed by atoms with Gasteiger partial charge in [-0.3, -0.25) is 19.9 Å². The van der Waals surface area contributed by atoms with Gasteiger partial charge in [0.2, 0.25) is 5.91 Å². The zero-order valence-electron chi connectivity index (χ0n) is 22.9. The van der Waals surface area contributed by atoms with Crippen LogP contribution < -0.4 is 10.1 Å². The van der Waals surface area contributed by atoms with Gasteiger partial charge in [0.25, 0.3) is 5.91 Å². The topological polar surface area (TPSA) is 112 Å². The Bertz CT molecular complexity index is 1360. The Morgan fingerprint density at radius 3 is 2.77 bits per heavy atom. The lowest BCUT2D eigenvalue weighted by Crippen LogP contribution is -2.50. The van der Waals surface area contributed by atoms with Crippen molar-refractivity contribution in [3.05, 3.63) is 64.2 Å². The molecule has 4 aliphatic rings. The number of ether oxygens (including phenoxy) is 2. The quantitative estimate of drug-likeness (QED) is 0.548. The second-order valence-corrected chi connectivity index (χ2v) is 11.9. The lowest BCUT2D eigenvalue weighted by molar-refractivity contribution is -0.140. The highest BCUT2D eigenvalue weighted by Crippen LogP contribution is 2.52. The van der Waals surface area contributed by atoms with E-state index in [9.17, 15) is 14.7 Å². The van der Waals surface area contributed by atoms with Gasteiger partial charge in [-0.25, -0.2) is 0 Å². The Morgan fingerprint density at radius 1 is 1.18 bits per heavy atom. The van der Waals surface area contributed by atoms with Gasteiger partial charge >= 0.3 is 0 Å². The predicted octanol–water partition coefficient (Wildman–Crippen LogP) is 4.25. The molecule has 1 saturated heterocycles. The van der Waals surface area contributed by atoms with Crippen LogP contribution in [0.15, 0.2) is 36.4 Å². The number of nitrogens with one attached hydrogen (secondary N) is 2. The van der Waals surface area contributed by atoms with Gasteiger partial charge < -0.3 is 19.9 Å². The van der Waals surface area contributed by atoms with E-state index < -0.39 is 29.2 Å². The summed E-state index contributed by atoms with van der Waals surface area (Å²) in [6.45, 7) is 4.16. The predicted molar refractivity (Wildman–Crippen MR) is 146 cm³/mol. The fourth-order valence-corrected chi connectivity index (χ4v) is 7.24. The maximum absolute atomic E-state index is 14.2. The average molecular weight is 532 g/mol. The molecule has 1 fully saturated rings. The number of nitrogens with zero attached hydrogens (tertiary/aromatic N) is 1. The number of aliphatic hydroxyl groups is 1. The highest BCUT2D eigenvalue weighted by molar-refractivity contribution is 6.07. The van der Waals surface area contributed by atoms with Crippen LogP contribution in [0, 0.1) is 10.8 Å². The summed E-state index contributed by atoms with van der Waals surface area (Å²) in [7, 11) is 1.60. The van der Waals surface area contributed by atoms with Crippen molar-refractivity contribution in [2.75, 3.05) is 13.7 Å². The van der Waals surface area contributed by atoms with Gasteiger partial charge in [0, 0.05) is 31.1 Å². The molecule has 2 amide bonds. The summed E-state index contributed by atoms with van der Waals surface area (Å²) in [5.41, 5.74) is 2.78. The highest BCUT2D eigenvalue weighted by Gasteiger charge is 2.57. The Morgan fingerprint density at radius 2 is 2.00 bits per heavy atom. The first-order valence-electron chi connectivity index (χ1n) is 14.0. The van der Waals surface area contributed by atoms with E-state index in [0.29, 0.717) is 36.1 Å². The van der Waals surface area contributed by atoms with Crippen LogP contribution >= 0.6 is 0 Å². The maximum Gasteiger partial charge on any atom is 0.251 e. The van der Waals surface area contributed by atoms with Crippen molar-refractivity contribution in [2.24, 2.45) is 5.41 Å². The second kappa shape index (κ2) is 9.45. The van der Waals surface area contributed by atoms with Crippen molar-refractivity contribution >= 4 is 17.6 Å². The van der Waals surface area contributed by atoms with Crippen molar-refractivity contribution in [1.82, 2.24) is 10.2 Å². The van der Waals surface area contributed by atoms with Crippen molar-refractivity contribution in [2.45, 2.75) is 82.6 Å². The van der Waals surface area contributed by atoms with Gasteiger partial charge in [0.05, 0.1) is 24.2 Å². The van der Waals surface area contributed by atoms with E-state index in [1.165, 1.54) is 0 Å². The molecule has 3 heterocycles. The number of carbonyl (C=O) groups excluding carboxylic acids is 2. The molecule has 3 aliphatic heterocycles. The summed E-state index contributed by atoms with van der Waals surface area (Å²) < 4.78 is 11.9. The summed E-state index contributed by atoms with van der Waals surface area (Å²) in [4.78, 5) is 29.4. The summed E-state index contributed by atoms with van der Waals surface area (Å²) in [6, 6.07) is 10.5. The molecule has 5 atom stereocenters. The number of benzene rings is 2. The minimum Gasteiger partial charge on any atom is -0.482 e. The largest absolute Gasteiger partial charge is 0.482 e. The van der Waals surface area contributed by atoms with Crippen LogP contribution in [0.3, 0.4) is 0 Å². The number of rotatable bonds is 3. The highest BCUT2D eigenvalue weighted by atomic mass is 16.5. The molecule has 3 N–H and O–H groups in total. The van der Waals surface area contributed by atoms with E-state index in [-0.39, 0.29) is 24.3 Å². The number of aliphatic hydroxyl groups excluding tert-OH is 1. The first-order chi connectivity index (χ1) is 18.7. The van der Waals surface area contributed by atoms with Gasteiger partial charge in [-0.2, -0.15) is 0 Å². The first-order valence-corrected chi connectivity index (χ1v) is 14.0. The third-order valence-corrected chi connectivity index (χ3v) is 9.34. The SMILES string of the molecule is CCC12CCCCc3ccc4c(c3)[C@@H](NC(=O)c3ccc5c(c3)[C@H](N(C(=N)C1)C2=O)[C@](C)(COC)O5)[C@H](O)C4. The van der Waals surface area contributed by atoms with Crippen molar-refractivity contribution in [3.8, 4) is 5.75 Å². The van der Waals surface area contributed by atoms with Crippen LogP contribution in [0.5, 0.6) is 5.75 Å². The molecular weight excluding hydrogens is 494 g/mol. The zero-order valence-corrected chi connectivity index (χ0v) is 22.9. The molecule has 39 heavy (non-hydrogen) atoms. The Labute approximate surface area is 229 Å². The van der Waals surface area contributed by atoms with Crippen LogP contribution in [0.1, 0.15) is 90.6 Å². The Hall–Kier alpha value is -3.23. The van der Waals surface area contributed by atoms with Crippen LogP contribution in [0.25, 0.3) is 0 Å². The number of methoxy groups -OCH3 is 1. The molecule has 2 aromatic rings. The van der Waals surface area contributed by atoms with Crippen LogP contribution in [0.2, 0.25) is 0 Å². The summed E-state index contributed by atoms with van der Waals surface area (Å²) in [5.74, 6) is 0.534. The van der Waals surface area contributed by atoms with Crippen molar-refractivity contribution < 1.29 is 24.2 Å². The molecule has 1 unspecified atom stereocenters. The second-order valence-electron chi connectivity index (χ2n) is 11.9. The van der Waals surface area contributed by atoms with Crippen molar-refractivity contribution in [3.63, 3.8) is 0 Å². The van der Waals surface area contributed by atoms with Gasteiger partial charge in [0.15, 0.2) is 5.60 Å². The molecule has 6 bridgehead atoms. The normalized spacial score (nSPS) is 31.7. The zero-order chi connectivity index (χ0) is 27.5. The monoisotopic (exact) mass is 531 g/mol. The van der Waals surface area contributed by atoms with E-state index in [4.69, 9.17) is 14.9 Å². The Balaban J connectivity index is 1.47. The first kappa shape index (κ1) is 26.0. The van der Waals surface area contributed by atoms with Crippen LogP contribution in [0.4, 0.5) is 0 Å².